The zero-order valence-electron chi connectivity index (χ0n) is 9.27. The van der Waals surface area contributed by atoms with Gasteiger partial charge in [0, 0.05) is 25.2 Å². The molecule has 2 atom stereocenters. The van der Waals surface area contributed by atoms with Crippen LogP contribution in [-0.4, -0.2) is 41.0 Å². The Morgan fingerprint density at radius 1 is 1.50 bits per heavy atom. The van der Waals surface area contributed by atoms with Gasteiger partial charge in [-0.2, -0.15) is 0 Å². The largest absolute Gasteiger partial charge is 0.448 e. The Morgan fingerprint density at radius 3 is 2.75 bits per heavy atom. The highest BCUT2D eigenvalue weighted by Crippen LogP contribution is 2.28. The number of piperazine rings is 1. The summed E-state index contributed by atoms with van der Waals surface area (Å²) in [7, 11) is 0. The van der Waals surface area contributed by atoms with Crippen LogP contribution < -0.4 is 5.32 Å². The molecule has 1 aromatic heterocycles. The molecule has 0 radical (unpaired) electrons. The fraction of sp³-hybridized carbons (Fsp3) is 0.636. The van der Waals surface area contributed by atoms with Crippen molar-refractivity contribution in [2.75, 3.05) is 13.1 Å². The number of hydrogen-bond acceptors (Lipinski definition) is 4. The lowest BCUT2D eigenvalue weighted by molar-refractivity contribution is 0.0612. The molecule has 3 heterocycles. The second-order valence-corrected chi connectivity index (χ2v) is 4.51. The SMILES string of the molecule is Cc1ocnc1C(=O)N1C2CCC1CNC2. The third-order valence-corrected chi connectivity index (χ3v) is 3.56. The summed E-state index contributed by atoms with van der Waals surface area (Å²) in [6, 6.07) is 0.671. The van der Waals surface area contributed by atoms with E-state index >= 15 is 0 Å². The number of carbonyl (C=O) groups is 1. The standard InChI is InChI=1S/C11H15N3O2/c1-7-10(13-6-16-7)11(15)14-8-2-3-9(14)5-12-4-8/h6,8-9,12H,2-5H2,1H3. The molecule has 86 valence electrons. The van der Waals surface area contributed by atoms with E-state index in [-0.39, 0.29) is 5.91 Å². The van der Waals surface area contributed by atoms with Crippen LogP contribution in [0, 0.1) is 6.92 Å². The summed E-state index contributed by atoms with van der Waals surface area (Å²) >= 11 is 0. The molecule has 2 bridgehead atoms. The van der Waals surface area contributed by atoms with Crippen LogP contribution in [0.15, 0.2) is 10.8 Å². The minimum absolute atomic E-state index is 0.0280. The monoisotopic (exact) mass is 221 g/mol. The molecule has 5 nitrogen and oxygen atoms in total. The summed E-state index contributed by atoms with van der Waals surface area (Å²) in [5.74, 6) is 0.642. The van der Waals surface area contributed by atoms with Gasteiger partial charge in [0.15, 0.2) is 12.1 Å². The van der Waals surface area contributed by atoms with Crippen molar-refractivity contribution >= 4 is 5.91 Å². The van der Waals surface area contributed by atoms with Gasteiger partial charge in [0.1, 0.15) is 5.76 Å². The summed E-state index contributed by atoms with van der Waals surface area (Å²) in [6.07, 6.45) is 3.53. The van der Waals surface area contributed by atoms with E-state index in [1.54, 1.807) is 6.92 Å². The topological polar surface area (TPSA) is 58.4 Å². The van der Waals surface area contributed by atoms with Crippen LogP contribution >= 0.6 is 0 Å². The maximum absolute atomic E-state index is 12.3. The van der Waals surface area contributed by atoms with Gasteiger partial charge in [-0.25, -0.2) is 4.98 Å². The second-order valence-electron chi connectivity index (χ2n) is 4.51. The third kappa shape index (κ3) is 1.35. The number of amides is 1. The zero-order valence-corrected chi connectivity index (χ0v) is 9.27. The van der Waals surface area contributed by atoms with Gasteiger partial charge in [0.25, 0.3) is 5.91 Å². The Bertz CT molecular complexity index is 399. The van der Waals surface area contributed by atoms with Crippen molar-refractivity contribution in [3.8, 4) is 0 Å². The Balaban J connectivity index is 1.88. The van der Waals surface area contributed by atoms with E-state index in [9.17, 15) is 4.79 Å². The summed E-state index contributed by atoms with van der Waals surface area (Å²) in [5.41, 5.74) is 0.471. The molecule has 0 saturated carbocycles. The third-order valence-electron chi connectivity index (χ3n) is 3.56. The van der Waals surface area contributed by atoms with Crippen molar-refractivity contribution in [1.29, 1.82) is 0 Å². The van der Waals surface area contributed by atoms with Crippen LogP contribution in [0.2, 0.25) is 0 Å². The first-order valence-electron chi connectivity index (χ1n) is 5.71. The van der Waals surface area contributed by atoms with E-state index in [0.717, 1.165) is 25.9 Å². The molecule has 0 spiro atoms. The first kappa shape index (κ1) is 9.84. The van der Waals surface area contributed by atoms with Crippen LogP contribution in [0.1, 0.15) is 29.1 Å². The number of oxazole rings is 1. The number of hydrogen-bond donors (Lipinski definition) is 1. The maximum atomic E-state index is 12.3. The lowest BCUT2D eigenvalue weighted by Crippen LogP contribution is -2.54. The Hall–Kier alpha value is -1.36. The van der Waals surface area contributed by atoms with Gasteiger partial charge in [-0.3, -0.25) is 4.79 Å². The molecule has 0 aliphatic carbocycles. The molecule has 5 heteroatoms. The first-order valence-corrected chi connectivity index (χ1v) is 5.71. The van der Waals surface area contributed by atoms with E-state index in [1.807, 2.05) is 4.90 Å². The Morgan fingerprint density at radius 2 is 2.19 bits per heavy atom. The minimum Gasteiger partial charge on any atom is -0.448 e. The molecule has 0 aromatic carbocycles. The number of rotatable bonds is 1. The van der Waals surface area contributed by atoms with Gasteiger partial charge >= 0.3 is 0 Å². The van der Waals surface area contributed by atoms with Crippen molar-refractivity contribution in [2.24, 2.45) is 0 Å². The van der Waals surface area contributed by atoms with Gasteiger partial charge in [-0.05, 0) is 19.8 Å². The van der Waals surface area contributed by atoms with E-state index in [4.69, 9.17) is 4.42 Å². The summed E-state index contributed by atoms with van der Waals surface area (Å²) in [5, 5.41) is 3.35. The molecule has 1 amide bonds. The highest BCUT2D eigenvalue weighted by Gasteiger charge is 2.40. The predicted molar refractivity (Wildman–Crippen MR) is 57.1 cm³/mol. The predicted octanol–water partition coefficient (Wildman–Crippen LogP) is 0.559. The number of aromatic nitrogens is 1. The van der Waals surface area contributed by atoms with Gasteiger partial charge in [0.2, 0.25) is 0 Å². The summed E-state index contributed by atoms with van der Waals surface area (Å²) in [4.78, 5) is 18.3. The number of aryl methyl sites for hydroxylation is 1. The molecule has 16 heavy (non-hydrogen) atoms. The van der Waals surface area contributed by atoms with Gasteiger partial charge < -0.3 is 14.6 Å². The molecule has 2 aliphatic rings. The fourth-order valence-corrected chi connectivity index (χ4v) is 2.74. The average molecular weight is 221 g/mol. The van der Waals surface area contributed by atoms with Crippen LogP contribution in [-0.2, 0) is 0 Å². The van der Waals surface area contributed by atoms with E-state index in [0.29, 0.717) is 23.5 Å². The van der Waals surface area contributed by atoms with Crippen LogP contribution in [0.5, 0.6) is 0 Å². The number of fused-ring (bicyclic) bond motifs is 2. The maximum Gasteiger partial charge on any atom is 0.276 e. The van der Waals surface area contributed by atoms with Crippen molar-refractivity contribution in [3.05, 3.63) is 17.8 Å². The Kier molecular flexibility index (Phi) is 2.21. The lowest BCUT2D eigenvalue weighted by atomic mass is 10.2. The lowest BCUT2D eigenvalue weighted by Gasteiger charge is -2.34. The highest BCUT2D eigenvalue weighted by molar-refractivity contribution is 5.93. The van der Waals surface area contributed by atoms with E-state index in [1.165, 1.54) is 6.39 Å². The number of nitrogens with zero attached hydrogens (tertiary/aromatic N) is 2. The van der Waals surface area contributed by atoms with Crippen LogP contribution in [0.25, 0.3) is 0 Å². The van der Waals surface area contributed by atoms with Crippen molar-refractivity contribution in [2.45, 2.75) is 31.8 Å². The summed E-state index contributed by atoms with van der Waals surface area (Å²) < 4.78 is 5.09. The van der Waals surface area contributed by atoms with Crippen molar-refractivity contribution < 1.29 is 9.21 Å². The zero-order chi connectivity index (χ0) is 11.1. The molecular formula is C11H15N3O2. The summed E-state index contributed by atoms with van der Waals surface area (Å²) in [6.45, 7) is 3.59. The molecule has 2 aliphatic heterocycles. The smallest absolute Gasteiger partial charge is 0.276 e. The second kappa shape index (κ2) is 3.59. The fourth-order valence-electron chi connectivity index (χ4n) is 2.74. The minimum atomic E-state index is 0.0280. The van der Waals surface area contributed by atoms with Crippen LogP contribution in [0.3, 0.4) is 0 Å². The normalized spacial score (nSPS) is 28.4. The van der Waals surface area contributed by atoms with Gasteiger partial charge in [0.05, 0.1) is 0 Å². The van der Waals surface area contributed by atoms with Gasteiger partial charge in [-0.1, -0.05) is 0 Å². The molecule has 3 rings (SSSR count). The first-order chi connectivity index (χ1) is 7.77. The molecular weight excluding hydrogens is 206 g/mol. The highest BCUT2D eigenvalue weighted by atomic mass is 16.3. The number of nitrogens with one attached hydrogen (secondary N) is 1. The molecule has 2 saturated heterocycles. The molecule has 2 fully saturated rings. The average Bonchev–Trinajstić information content (AvgIpc) is 2.80. The van der Waals surface area contributed by atoms with E-state index in [2.05, 4.69) is 10.3 Å². The molecule has 1 N–H and O–H groups in total. The Labute approximate surface area is 93.8 Å². The van der Waals surface area contributed by atoms with Crippen molar-refractivity contribution in [1.82, 2.24) is 15.2 Å². The van der Waals surface area contributed by atoms with Crippen LogP contribution in [0.4, 0.5) is 0 Å². The van der Waals surface area contributed by atoms with Crippen molar-refractivity contribution in [3.63, 3.8) is 0 Å². The van der Waals surface area contributed by atoms with E-state index < -0.39 is 0 Å². The van der Waals surface area contributed by atoms with Gasteiger partial charge in [-0.15, -0.1) is 0 Å². The number of carbonyl (C=O) groups excluding carboxylic acids is 1. The quantitative estimate of drug-likeness (QED) is 0.752. The molecule has 2 unspecified atom stereocenters. The molecule has 1 aromatic rings.